The number of aromatic nitrogens is 2. The minimum Gasteiger partial charge on any atom is -0.366 e. The highest BCUT2D eigenvalue weighted by atomic mass is 35.5. The summed E-state index contributed by atoms with van der Waals surface area (Å²) in [6.07, 6.45) is -1.41. The van der Waals surface area contributed by atoms with Gasteiger partial charge in [-0.25, -0.2) is 9.37 Å². The van der Waals surface area contributed by atoms with E-state index in [-0.39, 0.29) is 42.5 Å². The average molecular weight is 462 g/mol. The van der Waals surface area contributed by atoms with E-state index >= 15 is 0 Å². The van der Waals surface area contributed by atoms with Crippen LogP contribution >= 0.6 is 11.6 Å². The van der Waals surface area contributed by atoms with Gasteiger partial charge in [-0.05, 0) is 37.8 Å². The molecule has 1 amide bonds. The molecule has 0 bridgehead atoms. The monoisotopic (exact) mass is 461 g/mol. The summed E-state index contributed by atoms with van der Waals surface area (Å²) in [6, 6.07) is 4.10. The fraction of sp³-hybridized carbons (Fsp3) is 0.500. The normalized spacial score (nSPS) is 26.4. The summed E-state index contributed by atoms with van der Waals surface area (Å²) >= 11 is 5.71. The molecule has 2 aliphatic rings. The first-order chi connectivity index (χ1) is 14.7. The van der Waals surface area contributed by atoms with Gasteiger partial charge in [0.05, 0.1) is 35.8 Å². The van der Waals surface area contributed by atoms with Crippen molar-refractivity contribution in [3.8, 4) is 11.3 Å². The van der Waals surface area contributed by atoms with Crippen LogP contribution < -0.4 is 5.32 Å². The Morgan fingerprint density at radius 1 is 1.29 bits per heavy atom. The summed E-state index contributed by atoms with van der Waals surface area (Å²) in [5.41, 5.74) is 1.19. The Bertz CT molecular complexity index is 938. The van der Waals surface area contributed by atoms with Crippen molar-refractivity contribution in [1.82, 2.24) is 14.9 Å². The van der Waals surface area contributed by atoms with E-state index in [9.17, 15) is 22.4 Å². The van der Waals surface area contributed by atoms with Gasteiger partial charge in [0.15, 0.2) is 0 Å². The van der Waals surface area contributed by atoms with Crippen LogP contribution in [-0.4, -0.2) is 46.7 Å². The number of ether oxygens (including phenoxy) is 2. The molecule has 1 aliphatic carbocycles. The average Bonchev–Trinajstić information content (AvgIpc) is 3.18. The third-order valence-electron chi connectivity index (χ3n) is 5.52. The zero-order valence-electron chi connectivity index (χ0n) is 16.2. The van der Waals surface area contributed by atoms with E-state index in [1.807, 2.05) is 4.57 Å². The van der Waals surface area contributed by atoms with Gasteiger partial charge >= 0.3 is 6.36 Å². The predicted molar refractivity (Wildman–Crippen MR) is 103 cm³/mol. The van der Waals surface area contributed by atoms with Crippen LogP contribution in [0.2, 0.25) is 5.02 Å². The number of alkyl halides is 3. The summed E-state index contributed by atoms with van der Waals surface area (Å²) in [5, 5.41) is 2.76. The highest BCUT2D eigenvalue weighted by Crippen LogP contribution is 2.31. The van der Waals surface area contributed by atoms with Crippen LogP contribution in [0, 0.1) is 5.82 Å². The van der Waals surface area contributed by atoms with Crippen molar-refractivity contribution in [2.24, 2.45) is 0 Å². The van der Waals surface area contributed by atoms with E-state index in [0.717, 1.165) is 0 Å². The number of carbonyl (C=O) groups excluding carboxylic acids is 1. The molecular formula is C20H20ClF4N3O3. The minimum atomic E-state index is -4.66. The number of halogens is 5. The molecular weight excluding hydrogens is 442 g/mol. The van der Waals surface area contributed by atoms with Crippen molar-refractivity contribution < 1.29 is 31.8 Å². The van der Waals surface area contributed by atoms with E-state index in [1.54, 1.807) is 18.6 Å². The van der Waals surface area contributed by atoms with Crippen molar-refractivity contribution in [2.75, 3.05) is 6.61 Å². The third kappa shape index (κ3) is 5.36. The number of nitrogens with zero attached hydrogens (tertiary/aromatic N) is 2. The van der Waals surface area contributed by atoms with Crippen molar-refractivity contribution in [1.29, 1.82) is 0 Å². The molecule has 1 N–H and O–H groups in total. The summed E-state index contributed by atoms with van der Waals surface area (Å²) in [7, 11) is 0. The van der Waals surface area contributed by atoms with Gasteiger partial charge < -0.3 is 14.6 Å². The number of benzene rings is 1. The van der Waals surface area contributed by atoms with Crippen LogP contribution in [0.15, 0.2) is 30.7 Å². The van der Waals surface area contributed by atoms with Crippen LogP contribution in [0.4, 0.5) is 17.6 Å². The Morgan fingerprint density at radius 3 is 2.71 bits per heavy atom. The van der Waals surface area contributed by atoms with Gasteiger partial charge in [-0.3, -0.25) is 9.53 Å². The molecule has 2 atom stereocenters. The van der Waals surface area contributed by atoms with Gasteiger partial charge in [-0.15, -0.1) is 13.2 Å². The van der Waals surface area contributed by atoms with Crippen LogP contribution in [0.5, 0.6) is 0 Å². The fourth-order valence-electron chi connectivity index (χ4n) is 3.78. The summed E-state index contributed by atoms with van der Waals surface area (Å²) in [5.74, 6) is -0.844. The molecule has 0 radical (unpaired) electrons. The Kier molecular flexibility index (Phi) is 6.23. The molecule has 2 heterocycles. The van der Waals surface area contributed by atoms with Gasteiger partial charge in [0, 0.05) is 17.8 Å². The van der Waals surface area contributed by atoms with E-state index in [0.29, 0.717) is 24.1 Å². The lowest BCUT2D eigenvalue weighted by Gasteiger charge is -2.37. The molecule has 168 valence electrons. The Hall–Kier alpha value is -2.17. The molecule has 0 unspecified atom stereocenters. The second-order valence-corrected chi connectivity index (χ2v) is 8.16. The first-order valence-electron chi connectivity index (χ1n) is 9.83. The molecule has 2 fully saturated rings. The quantitative estimate of drug-likeness (QED) is 0.676. The van der Waals surface area contributed by atoms with Gasteiger partial charge in [0.25, 0.3) is 0 Å². The van der Waals surface area contributed by atoms with E-state index in [1.165, 1.54) is 12.1 Å². The summed E-state index contributed by atoms with van der Waals surface area (Å²) < 4.78 is 61.6. The standard InChI is InChI=1S/C20H20ClF4N3O3/c21-15-3-1-11(5-16(15)22)17-8-28(10-26-17)13-2-4-18(30-9-13)19(29)27-12-6-14(7-12)31-20(23,24)25/h1,3,5,8,10,12-14,18H,2,4,6-7,9H2,(H,27,29)/t12?,13-,14?,18+/m0/s1. The SMILES string of the molecule is O=C(NC1CC(OC(F)(F)F)C1)[C@H]1CC[C@H](n2cnc(-c3ccc(Cl)c(F)c3)c2)CO1. The Morgan fingerprint density at radius 2 is 2.06 bits per heavy atom. The van der Waals surface area contributed by atoms with Crippen molar-refractivity contribution in [3.63, 3.8) is 0 Å². The molecule has 31 heavy (non-hydrogen) atoms. The van der Waals surface area contributed by atoms with Gasteiger partial charge in [0.2, 0.25) is 5.91 Å². The zero-order valence-corrected chi connectivity index (χ0v) is 17.0. The van der Waals surface area contributed by atoms with Crippen molar-refractivity contribution >= 4 is 17.5 Å². The Labute approximate surface area is 180 Å². The molecule has 2 aromatic rings. The van der Waals surface area contributed by atoms with Crippen LogP contribution in [0.25, 0.3) is 11.3 Å². The predicted octanol–water partition coefficient (Wildman–Crippen LogP) is 4.25. The lowest BCUT2D eigenvalue weighted by Crippen LogP contribution is -2.52. The minimum absolute atomic E-state index is 0.0317. The van der Waals surface area contributed by atoms with Crippen LogP contribution in [-0.2, 0) is 14.3 Å². The highest BCUT2D eigenvalue weighted by Gasteiger charge is 2.41. The van der Waals surface area contributed by atoms with Crippen molar-refractivity contribution in [3.05, 3.63) is 41.6 Å². The molecule has 0 spiro atoms. The maximum Gasteiger partial charge on any atom is 0.522 e. The smallest absolute Gasteiger partial charge is 0.366 e. The van der Waals surface area contributed by atoms with E-state index in [4.69, 9.17) is 16.3 Å². The maximum absolute atomic E-state index is 13.7. The van der Waals surface area contributed by atoms with Gasteiger partial charge in [0.1, 0.15) is 11.9 Å². The number of nitrogens with one attached hydrogen (secondary N) is 1. The van der Waals surface area contributed by atoms with Crippen molar-refractivity contribution in [2.45, 2.75) is 56.3 Å². The summed E-state index contributed by atoms with van der Waals surface area (Å²) in [4.78, 5) is 16.6. The Balaban J connectivity index is 1.25. The topological polar surface area (TPSA) is 65.4 Å². The lowest BCUT2D eigenvalue weighted by atomic mass is 9.89. The molecule has 1 aromatic carbocycles. The molecule has 1 aliphatic heterocycles. The number of hydrogen-bond donors (Lipinski definition) is 1. The molecule has 4 rings (SSSR count). The third-order valence-corrected chi connectivity index (χ3v) is 5.83. The maximum atomic E-state index is 13.7. The number of amides is 1. The number of imidazole rings is 1. The second kappa shape index (κ2) is 8.76. The zero-order chi connectivity index (χ0) is 22.2. The first kappa shape index (κ1) is 22.0. The van der Waals surface area contributed by atoms with Gasteiger partial charge in [-0.1, -0.05) is 17.7 Å². The van der Waals surface area contributed by atoms with E-state index in [2.05, 4.69) is 15.0 Å². The largest absolute Gasteiger partial charge is 0.522 e. The summed E-state index contributed by atoms with van der Waals surface area (Å²) in [6.45, 7) is 0.285. The lowest BCUT2D eigenvalue weighted by molar-refractivity contribution is -0.351. The molecule has 6 nitrogen and oxygen atoms in total. The number of carbonyl (C=O) groups is 1. The fourth-order valence-corrected chi connectivity index (χ4v) is 3.90. The van der Waals surface area contributed by atoms with Crippen LogP contribution in [0.1, 0.15) is 31.7 Å². The second-order valence-electron chi connectivity index (χ2n) is 7.75. The molecule has 1 saturated heterocycles. The first-order valence-corrected chi connectivity index (χ1v) is 10.2. The van der Waals surface area contributed by atoms with Crippen LogP contribution in [0.3, 0.4) is 0 Å². The van der Waals surface area contributed by atoms with E-state index < -0.39 is 24.4 Å². The molecule has 1 aromatic heterocycles. The number of hydrogen-bond acceptors (Lipinski definition) is 4. The highest BCUT2D eigenvalue weighted by molar-refractivity contribution is 6.30. The number of rotatable bonds is 5. The molecule has 11 heteroatoms. The molecule has 1 saturated carbocycles. The van der Waals surface area contributed by atoms with Gasteiger partial charge in [-0.2, -0.15) is 0 Å².